The highest BCUT2D eigenvalue weighted by molar-refractivity contribution is 5.82. The van der Waals surface area contributed by atoms with Gasteiger partial charge in [0.05, 0.1) is 6.04 Å². The van der Waals surface area contributed by atoms with Crippen LogP contribution in [0, 0.1) is 0 Å². The summed E-state index contributed by atoms with van der Waals surface area (Å²) in [7, 11) is 0. The van der Waals surface area contributed by atoms with Crippen molar-refractivity contribution >= 4 is 5.91 Å². The molecule has 1 heterocycles. The highest BCUT2D eigenvalue weighted by Crippen LogP contribution is 2.18. The van der Waals surface area contributed by atoms with E-state index in [1.54, 1.807) is 0 Å². The Morgan fingerprint density at radius 1 is 0.938 bits per heavy atom. The van der Waals surface area contributed by atoms with Gasteiger partial charge in [-0.1, -0.05) is 32.1 Å². The third kappa shape index (κ3) is 3.48. The minimum atomic E-state index is 0.0816. The van der Waals surface area contributed by atoms with Gasteiger partial charge in [0, 0.05) is 12.6 Å². The van der Waals surface area contributed by atoms with E-state index in [0.717, 1.165) is 19.4 Å². The van der Waals surface area contributed by atoms with Gasteiger partial charge in [-0.15, -0.1) is 0 Å². The summed E-state index contributed by atoms with van der Waals surface area (Å²) in [5, 5.41) is 6.51. The Kier molecular flexibility index (Phi) is 4.64. The molecule has 2 rings (SSSR count). The van der Waals surface area contributed by atoms with E-state index in [1.165, 1.54) is 44.9 Å². The molecule has 0 spiro atoms. The number of piperidine rings is 1. The lowest BCUT2D eigenvalue weighted by atomic mass is 9.95. The molecule has 0 aromatic carbocycles. The third-order valence-corrected chi connectivity index (χ3v) is 3.83. The molecule has 2 aliphatic rings. The highest BCUT2D eigenvalue weighted by Gasteiger charge is 2.24. The number of nitrogens with one attached hydrogen (secondary N) is 2. The highest BCUT2D eigenvalue weighted by atomic mass is 16.2. The molecule has 1 saturated carbocycles. The lowest BCUT2D eigenvalue weighted by Crippen LogP contribution is -2.51. The number of hydrogen-bond donors (Lipinski definition) is 2. The van der Waals surface area contributed by atoms with Gasteiger partial charge in [0.25, 0.3) is 0 Å². The predicted octanol–water partition coefficient (Wildman–Crippen LogP) is 1.97. The molecule has 1 aliphatic carbocycles. The van der Waals surface area contributed by atoms with E-state index in [-0.39, 0.29) is 11.9 Å². The summed E-state index contributed by atoms with van der Waals surface area (Å²) in [6.07, 6.45) is 11.4. The minimum Gasteiger partial charge on any atom is -0.355 e. The van der Waals surface area contributed by atoms with Gasteiger partial charge in [0.1, 0.15) is 0 Å². The van der Waals surface area contributed by atoms with E-state index in [9.17, 15) is 4.79 Å². The predicted molar refractivity (Wildman–Crippen MR) is 65.3 cm³/mol. The summed E-state index contributed by atoms with van der Waals surface area (Å²) in [6, 6.07) is 0.660. The Labute approximate surface area is 98.4 Å². The van der Waals surface area contributed by atoms with Crippen molar-refractivity contribution in [3.05, 3.63) is 0 Å². The number of carbonyl (C=O) groups excluding carboxylic acids is 1. The van der Waals surface area contributed by atoms with E-state index < -0.39 is 0 Å². The van der Waals surface area contributed by atoms with Crippen LogP contribution in [0.15, 0.2) is 0 Å². The third-order valence-electron chi connectivity index (χ3n) is 3.83. The Morgan fingerprint density at radius 2 is 1.62 bits per heavy atom. The van der Waals surface area contributed by atoms with Crippen molar-refractivity contribution in [3.8, 4) is 0 Å². The second-order valence-electron chi connectivity index (χ2n) is 5.19. The zero-order valence-corrected chi connectivity index (χ0v) is 10.1. The van der Waals surface area contributed by atoms with E-state index in [2.05, 4.69) is 10.6 Å². The standard InChI is InChI=1S/C13H24N2O/c16-13-12(9-6-10-14-13)15-11-7-4-2-1-3-5-8-11/h11-12,15H,1-10H2,(H,14,16). The average Bonchev–Trinajstić information content (AvgIpc) is 2.24. The fraction of sp³-hybridized carbons (Fsp3) is 0.923. The molecule has 3 heteroatoms. The van der Waals surface area contributed by atoms with E-state index in [4.69, 9.17) is 0 Å². The van der Waals surface area contributed by atoms with Gasteiger partial charge < -0.3 is 10.6 Å². The molecule has 1 unspecified atom stereocenters. The fourth-order valence-electron chi connectivity index (χ4n) is 2.84. The summed E-state index contributed by atoms with van der Waals surface area (Å²) in [6.45, 7) is 0.863. The van der Waals surface area contributed by atoms with Crippen molar-refractivity contribution in [2.45, 2.75) is 69.9 Å². The van der Waals surface area contributed by atoms with Crippen LogP contribution in [0.3, 0.4) is 0 Å². The van der Waals surface area contributed by atoms with Gasteiger partial charge in [0.2, 0.25) is 5.91 Å². The van der Waals surface area contributed by atoms with Gasteiger partial charge in [-0.2, -0.15) is 0 Å². The van der Waals surface area contributed by atoms with Crippen LogP contribution < -0.4 is 10.6 Å². The smallest absolute Gasteiger partial charge is 0.237 e. The van der Waals surface area contributed by atoms with Gasteiger partial charge in [0.15, 0.2) is 0 Å². The summed E-state index contributed by atoms with van der Waals surface area (Å²) in [4.78, 5) is 11.6. The van der Waals surface area contributed by atoms with E-state index in [1.807, 2.05) is 0 Å². The van der Waals surface area contributed by atoms with Crippen LogP contribution in [0.25, 0.3) is 0 Å². The SMILES string of the molecule is O=C1NCCCC1NC1CCCCCCC1. The molecule has 0 bridgehead atoms. The van der Waals surface area contributed by atoms with Crippen molar-refractivity contribution in [3.63, 3.8) is 0 Å². The number of hydrogen-bond acceptors (Lipinski definition) is 2. The maximum Gasteiger partial charge on any atom is 0.237 e. The molecule has 1 aliphatic heterocycles. The topological polar surface area (TPSA) is 41.1 Å². The maximum atomic E-state index is 11.6. The first-order valence-electron chi connectivity index (χ1n) is 6.90. The van der Waals surface area contributed by atoms with Crippen molar-refractivity contribution < 1.29 is 4.79 Å². The zero-order valence-electron chi connectivity index (χ0n) is 10.1. The number of carbonyl (C=O) groups is 1. The van der Waals surface area contributed by atoms with Crippen LogP contribution in [0.2, 0.25) is 0 Å². The van der Waals surface area contributed by atoms with Gasteiger partial charge in [-0.3, -0.25) is 4.79 Å². The summed E-state index contributed by atoms with van der Waals surface area (Å²) < 4.78 is 0. The van der Waals surface area contributed by atoms with Crippen LogP contribution in [-0.2, 0) is 4.79 Å². The molecule has 1 saturated heterocycles. The van der Waals surface area contributed by atoms with Gasteiger partial charge in [-0.25, -0.2) is 0 Å². The van der Waals surface area contributed by atoms with Crippen LogP contribution in [0.5, 0.6) is 0 Å². The second-order valence-corrected chi connectivity index (χ2v) is 5.19. The second kappa shape index (κ2) is 6.24. The summed E-state index contributed by atoms with van der Waals surface area (Å²) in [5.41, 5.74) is 0. The largest absolute Gasteiger partial charge is 0.355 e. The first kappa shape index (κ1) is 11.9. The van der Waals surface area contributed by atoms with Crippen molar-refractivity contribution in [2.75, 3.05) is 6.54 Å². The van der Waals surface area contributed by atoms with Gasteiger partial charge >= 0.3 is 0 Å². The average molecular weight is 224 g/mol. The Bertz CT molecular complexity index is 222. The molecular weight excluding hydrogens is 200 g/mol. The molecule has 1 atom stereocenters. The van der Waals surface area contributed by atoms with Crippen LogP contribution in [0.4, 0.5) is 0 Å². The van der Waals surface area contributed by atoms with E-state index in [0.29, 0.717) is 6.04 Å². The molecule has 2 N–H and O–H groups in total. The normalized spacial score (nSPS) is 29.2. The van der Waals surface area contributed by atoms with Crippen LogP contribution in [0.1, 0.15) is 57.8 Å². The maximum absolute atomic E-state index is 11.6. The zero-order chi connectivity index (χ0) is 11.2. The molecule has 0 radical (unpaired) electrons. The lowest BCUT2D eigenvalue weighted by molar-refractivity contribution is -0.124. The Balaban J connectivity index is 1.79. The molecule has 0 aromatic rings. The fourth-order valence-corrected chi connectivity index (χ4v) is 2.84. The van der Waals surface area contributed by atoms with Crippen molar-refractivity contribution in [1.29, 1.82) is 0 Å². The van der Waals surface area contributed by atoms with E-state index >= 15 is 0 Å². The summed E-state index contributed by atoms with van der Waals surface area (Å²) in [5.74, 6) is 0.216. The molecule has 2 fully saturated rings. The minimum absolute atomic E-state index is 0.0816. The Morgan fingerprint density at radius 3 is 2.31 bits per heavy atom. The monoisotopic (exact) mass is 224 g/mol. The number of amides is 1. The molecule has 3 nitrogen and oxygen atoms in total. The molecular formula is C13H24N2O. The first-order chi connectivity index (χ1) is 7.86. The van der Waals surface area contributed by atoms with Crippen molar-refractivity contribution in [1.82, 2.24) is 10.6 Å². The molecule has 1 amide bonds. The van der Waals surface area contributed by atoms with Crippen LogP contribution in [-0.4, -0.2) is 24.5 Å². The molecule has 0 aromatic heterocycles. The van der Waals surface area contributed by atoms with Gasteiger partial charge in [-0.05, 0) is 25.7 Å². The molecule has 16 heavy (non-hydrogen) atoms. The first-order valence-corrected chi connectivity index (χ1v) is 6.90. The molecule has 92 valence electrons. The summed E-state index contributed by atoms with van der Waals surface area (Å²) >= 11 is 0. The lowest BCUT2D eigenvalue weighted by Gasteiger charge is -2.29. The number of rotatable bonds is 2. The Hall–Kier alpha value is -0.570. The quantitative estimate of drug-likeness (QED) is 0.753. The van der Waals surface area contributed by atoms with Crippen molar-refractivity contribution in [2.24, 2.45) is 0 Å². The van der Waals surface area contributed by atoms with Crippen LogP contribution >= 0.6 is 0 Å².